The van der Waals surface area contributed by atoms with Crippen LogP contribution in [0.3, 0.4) is 0 Å². The lowest BCUT2D eigenvalue weighted by Crippen LogP contribution is -2.32. The lowest BCUT2D eigenvalue weighted by molar-refractivity contribution is -0.128. The maximum absolute atomic E-state index is 11.7. The topological polar surface area (TPSA) is 17.1 Å². The summed E-state index contributed by atoms with van der Waals surface area (Å²) in [4.78, 5) is 11.7. The highest BCUT2D eigenvalue weighted by Gasteiger charge is 2.61. The average molecular weight is 154 g/mol. The quantitative estimate of drug-likeness (QED) is 0.523. The minimum Gasteiger partial charge on any atom is -0.299 e. The molecule has 62 valence electrons. The van der Waals surface area contributed by atoms with Crippen LogP contribution in [-0.4, -0.2) is 5.78 Å². The molecule has 0 aliphatic heterocycles. The Morgan fingerprint density at radius 3 is 2.45 bits per heavy atom. The molecule has 0 N–H and O–H groups in total. The highest BCUT2D eigenvalue weighted by atomic mass is 16.1. The Kier molecular flexibility index (Phi) is 0.826. The summed E-state index contributed by atoms with van der Waals surface area (Å²) in [5, 5.41) is 0. The van der Waals surface area contributed by atoms with Crippen LogP contribution in [-0.2, 0) is 4.79 Å². The molecular formula is C10H16O. The first-order valence-corrected chi connectivity index (χ1v) is 4.25. The predicted molar refractivity (Wildman–Crippen MR) is 44.2 cm³/mol. The van der Waals surface area contributed by atoms with E-state index in [2.05, 4.69) is 0 Å². The molecule has 1 nitrogen and oxygen atoms in total. The van der Waals surface area contributed by atoms with Crippen LogP contribution in [0.25, 0.3) is 0 Å². The lowest BCUT2D eigenvalue weighted by atomic mass is 9.70. The van der Waals surface area contributed by atoms with Crippen LogP contribution in [0.5, 0.6) is 0 Å². The molecule has 0 aromatic carbocycles. The number of rotatable bonds is 0. The molecule has 2 atom stereocenters. The smallest absolute Gasteiger partial charge is 0.139 e. The number of Topliss-reactive ketones (excluding diaryl/α,β-unsaturated/α-hetero) is 1. The van der Waals surface area contributed by atoms with Crippen molar-refractivity contribution in [2.24, 2.45) is 16.7 Å². The summed E-state index contributed by atoms with van der Waals surface area (Å²) < 4.78 is 15.7. The van der Waals surface area contributed by atoms with Gasteiger partial charge in [-0.1, -0.05) is 20.8 Å². The van der Waals surface area contributed by atoms with Crippen molar-refractivity contribution in [3.63, 3.8) is 0 Å². The summed E-state index contributed by atoms with van der Waals surface area (Å²) >= 11 is 0. The summed E-state index contributed by atoms with van der Waals surface area (Å²) in [6.07, 6.45) is -0.279. The Morgan fingerprint density at radius 1 is 1.55 bits per heavy atom. The van der Waals surface area contributed by atoms with Crippen molar-refractivity contribution in [1.82, 2.24) is 0 Å². The summed E-state index contributed by atoms with van der Waals surface area (Å²) in [5.74, 6) is 0.190. The molecule has 2 rings (SSSR count). The van der Waals surface area contributed by atoms with E-state index in [4.69, 9.17) is 2.74 Å². The van der Waals surface area contributed by atoms with Gasteiger partial charge in [-0.3, -0.25) is 4.79 Å². The van der Waals surface area contributed by atoms with Gasteiger partial charge in [0.25, 0.3) is 0 Å². The molecule has 2 bridgehead atoms. The van der Waals surface area contributed by atoms with Crippen LogP contribution in [0.4, 0.5) is 0 Å². The number of hydrogen-bond acceptors (Lipinski definition) is 1. The van der Waals surface area contributed by atoms with Crippen LogP contribution in [0.1, 0.15) is 42.7 Å². The first-order valence-electron chi connectivity index (χ1n) is 5.25. The van der Waals surface area contributed by atoms with E-state index in [-0.39, 0.29) is 17.1 Å². The molecule has 0 heterocycles. The van der Waals surface area contributed by atoms with Crippen molar-refractivity contribution in [3.8, 4) is 0 Å². The molecule has 0 saturated heterocycles. The minimum absolute atomic E-state index is 0.0718. The summed E-state index contributed by atoms with van der Waals surface area (Å²) in [5.41, 5.74) is -0.575. The third-order valence-corrected chi connectivity index (χ3v) is 4.00. The van der Waals surface area contributed by atoms with E-state index in [0.717, 1.165) is 0 Å². The molecule has 1 heteroatoms. The van der Waals surface area contributed by atoms with E-state index in [0.29, 0.717) is 12.8 Å². The largest absolute Gasteiger partial charge is 0.299 e. The van der Waals surface area contributed by atoms with Crippen molar-refractivity contribution in [1.29, 1.82) is 0 Å². The van der Waals surface area contributed by atoms with Gasteiger partial charge >= 0.3 is 0 Å². The Bertz CT molecular complexity index is 283. The van der Waals surface area contributed by atoms with Gasteiger partial charge in [0.2, 0.25) is 0 Å². The highest BCUT2D eigenvalue weighted by molar-refractivity contribution is 5.89. The molecule has 0 radical (unpaired) electrons. The van der Waals surface area contributed by atoms with Crippen molar-refractivity contribution in [3.05, 3.63) is 0 Å². The second-order valence-electron chi connectivity index (χ2n) is 4.61. The third kappa shape index (κ3) is 0.605. The van der Waals surface area contributed by atoms with Gasteiger partial charge in [0, 0.05) is 14.6 Å². The molecule has 11 heavy (non-hydrogen) atoms. The van der Waals surface area contributed by atoms with Crippen molar-refractivity contribution < 1.29 is 7.54 Å². The van der Waals surface area contributed by atoms with Crippen molar-refractivity contribution >= 4 is 5.78 Å². The molecule has 0 aromatic heterocycles. The monoisotopic (exact) mass is 154 g/mol. The molecule has 2 aliphatic carbocycles. The molecule has 2 saturated carbocycles. The van der Waals surface area contributed by atoms with Crippen molar-refractivity contribution in [2.45, 2.75) is 40.0 Å². The van der Waals surface area contributed by atoms with Crippen LogP contribution in [0, 0.1) is 16.7 Å². The second-order valence-corrected chi connectivity index (χ2v) is 4.61. The Hall–Kier alpha value is -0.330. The van der Waals surface area contributed by atoms with Crippen LogP contribution in [0.2, 0.25) is 0 Å². The van der Waals surface area contributed by atoms with Gasteiger partial charge < -0.3 is 0 Å². The maximum Gasteiger partial charge on any atom is 0.139 e. The molecule has 0 aromatic rings. The summed E-state index contributed by atoms with van der Waals surface area (Å²) in [7, 11) is 0. The molecule has 0 spiro atoms. The zero-order chi connectivity index (χ0) is 10.1. The molecule has 2 aliphatic rings. The highest BCUT2D eigenvalue weighted by Crippen LogP contribution is 2.63. The van der Waals surface area contributed by atoms with Gasteiger partial charge in [0.1, 0.15) is 5.78 Å². The Balaban J connectivity index is 2.52. The van der Waals surface area contributed by atoms with Gasteiger partial charge in [-0.15, -0.1) is 0 Å². The van der Waals surface area contributed by atoms with Gasteiger partial charge in [-0.05, 0) is 24.1 Å². The van der Waals surface area contributed by atoms with Gasteiger partial charge in [0.05, 0.1) is 0 Å². The first-order chi connectivity index (χ1) is 5.72. The van der Waals surface area contributed by atoms with E-state index in [1.165, 1.54) is 0 Å². The van der Waals surface area contributed by atoms with E-state index in [1.54, 1.807) is 0 Å². The molecular weight excluding hydrogens is 136 g/mol. The maximum atomic E-state index is 11.7. The van der Waals surface area contributed by atoms with E-state index in [9.17, 15) is 4.79 Å². The predicted octanol–water partition coefficient (Wildman–Crippen LogP) is 2.40. The Morgan fingerprint density at radius 2 is 2.18 bits per heavy atom. The number of carbonyl (C=O) groups excluding carboxylic acids is 1. The first kappa shape index (κ1) is 5.34. The minimum atomic E-state index is -1.13. The number of fused-ring (bicyclic) bond motifs is 2. The van der Waals surface area contributed by atoms with E-state index >= 15 is 0 Å². The van der Waals surface area contributed by atoms with Gasteiger partial charge in [0.15, 0.2) is 0 Å². The average Bonchev–Trinajstić information content (AvgIpc) is 2.16. The number of carbonyl (C=O) groups is 1. The van der Waals surface area contributed by atoms with Crippen LogP contribution in [0.15, 0.2) is 0 Å². The van der Waals surface area contributed by atoms with Gasteiger partial charge in [-0.25, -0.2) is 0 Å². The fraction of sp³-hybridized carbons (Fsp3) is 0.900. The third-order valence-electron chi connectivity index (χ3n) is 4.00. The Labute approximate surface area is 71.0 Å². The standard InChI is InChI=1S/C10H16O/c1-9(2)7-4-5-10(9,3)8(11)6-7/h7H,4-6H2,1-3H3/i4D2. The number of hydrogen-bond donors (Lipinski definition) is 0. The number of ketones is 1. The lowest BCUT2D eigenvalue weighted by Gasteiger charge is -2.32. The second kappa shape index (κ2) is 1.70. The summed E-state index contributed by atoms with van der Waals surface area (Å²) in [6, 6.07) is 0. The zero-order valence-electron chi connectivity index (χ0n) is 9.40. The molecule has 0 amide bonds. The van der Waals surface area contributed by atoms with Gasteiger partial charge in [-0.2, -0.15) is 0 Å². The van der Waals surface area contributed by atoms with Crippen LogP contribution >= 0.6 is 0 Å². The SMILES string of the molecule is [2H]C1([2H])CC2(C)C(=O)CC1C2(C)C. The molecule has 2 fully saturated rings. The summed E-state index contributed by atoms with van der Waals surface area (Å²) in [6.45, 7) is 6.00. The van der Waals surface area contributed by atoms with Crippen LogP contribution < -0.4 is 0 Å². The zero-order valence-corrected chi connectivity index (χ0v) is 7.40. The van der Waals surface area contributed by atoms with E-state index in [1.807, 2.05) is 20.8 Å². The normalized spacial score (nSPS) is 54.1. The molecule has 2 unspecified atom stereocenters. The fourth-order valence-corrected chi connectivity index (χ4v) is 2.39. The fourth-order valence-electron chi connectivity index (χ4n) is 2.39. The van der Waals surface area contributed by atoms with E-state index < -0.39 is 11.8 Å². The van der Waals surface area contributed by atoms with Crippen molar-refractivity contribution in [2.75, 3.05) is 0 Å².